The molecule has 1 amide bonds. The zero-order chi connectivity index (χ0) is 20.2. The Hall–Kier alpha value is -3.74. The van der Waals surface area contributed by atoms with Crippen molar-refractivity contribution in [2.75, 3.05) is 6.61 Å². The summed E-state index contributed by atoms with van der Waals surface area (Å²) in [5, 5.41) is 11.8. The number of aliphatic carboxylic acids is 1. The van der Waals surface area contributed by atoms with Crippen molar-refractivity contribution in [3.63, 3.8) is 0 Å². The maximum atomic E-state index is 12.3. The van der Waals surface area contributed by atoms with Crippen LogP contribution in [0.4, 0.5) is 4.79 Å². The monoisotopic (exact) mass is 389 g/mol. The molecule has 146 valence electrons. The van der Waals surface area contributed by atoms with E-state index >= 15 is 0 Å². The number of carbonyl (C=O) groups excluding carboxylic acids is 1. The third-order valence-corrected chi connectivity index (χ3v) is 4.96. The number of amides is 1. The van der Waals surface area contributed by atoms with E-state index in [4.69, 9.17) is 4.74 Å². The summed E-state index contributed by atoms with van der Waals surface area (Å²) in [7, 11) is 0. The Balaban J connectivity index is 1.43. The molecule has 0 saturated heterocycles. The van der Waals surface area contributed by atoms with Gasteiger partial charge < -0.3 is 15.2 Å². The second-order valence-electron chi connectivity index (χ2n) is 6.76. The summed E-state index contributed by atoms with van der Waals surface area (Å²) in [6, 6.07) is 14.9. The number of ether oxygens (including phenoxy) is 1. The van der Waals surface area contributed by atoms with Gasteiger partial charge >= 0.3 is 12.1 Å². The molecule has 0 spiro atoms. The third-order valence-electron chi connectivity index (χ3n) is 4.96. The van der Waals surface area contributed by atoms with Crippen molar-refractivity contribution in [2.45, 2.75) is 18.4 Å². The Labute approximate surface area is 167 Å². The van der Waals surface area contributed by atoms with Gasteiger partial charge in [0.15, 0.2) is 0 Å². The number of fused-ring (bicyclic) bond motifs is 3. The van der Waals surface area contributed by atoms with E-state index in [9.17, 15) is 14.7 Å². The molecule has 1 heterocycles. The van der Waals surface area contributed by atoms with Gasteiger partial charge in [-0.05, 0) is 22.3 Å². The molecule has 7 heteroatoms. The number of benzene rings is 2. The van der Waals surface area contributed by atoms with Crippen LogP contribution in [0.2, 0.25) is 0 Å². The van der Waals surface area contributed by atoms with Crippen LogP contribution in [-0.2, 0) is 16.0 Å². The third kappa shape index (κ3) is 3.94. The highest BCUT2D eigenvalue weighted by molar-refractivity contribution is 5.81. The predicted molar refractivity (Wildman–Crippen MR) is 105 cm³/mol. The lowest BCUT2D eigenvalue weighted by molar-refractivity contribution is -0.139. The van der Waals surface area contributed by atoms with Crippen LogP contribution < -0.4 is 5.32 Å². The first-order chi connectivity index (χ1) is 14.1. The van der Waals surface area contributed by atoms with E-state index in [0.717, 1.165) is 22.3 Å². The Morgan fingerprint density at radius 2 is 1.69 bits per heavy atom. The average molecular weight is 389 g/mol. The highest BCUT2D eigenvalue weighted by atomic mass is 16.5. The Kier molecular flexibility index (Phi) is 5.20. The maximum Gasteiger partial charge on any atom is 0.407 e. The molecule has 29 heavy (non-hydrogen) atoms. The van der Waals surface area contributed by atoms with E-state index in [1.165, 1.54) is 18.6 Å². The van der Waals surface area contributed by atoms with Crippen LogP contribution in [0.5, 0.6) is 0 Å². The zero-order valence-electron chi connectivity index (χ0n) is 15.5. The normalized spacial score (nSPS) is 13.2. The van der Waals surface area contributed by atoms with Crippen LogP contribution in [0.3, 0.4) is 0 Å². The van der Waals surface area contributed by atoms with Crippen molar-refractivity contribution in [1.82, 2.24) is 15.3 Å². The van der Waals surface area contributed by atoms with E-state index in [2.05, 4.69) is 27.4 Å². The molecule has 0 unspecified atom stereocenters. The van der Waals surface area contributed by atoms with Gasteiger partial charge in [-0.1, -0.05) is 48.5 Å². The highest BCUT2D eigenvalue weighted by Gasteiger charge is 2.29. The summed E-state index contributed by atoms with van der Waals surface area (Å²) in [6.45, 7) is 0.122. The maximum absolute atomic E-state index is 12.3. The molecule has 3 aromatic rings. The average Bonchev–Trinajstić information content (AvgIpc) is 3.06. The number of hydrogen-bond acceptors (Lipinski definition) is 5. The fraction of sp³-hybridized carbons (Fsp3) is 0.182. The number of carboxylic acids is 1. The quantitative estimate of drug-likeness (QED) is 0.672. The summed E-state index contributed by atoms with van der Waals surface area (Å²) >= 11 is 0. The molecule has 0 bridgehead atoms. The fourth-order valence-electron chi connectivity index (χ4n) is 3.63. The van der Waals surface area contributed by atoms with E-state index in [0.29, 0.717) is 5.69 Å². The number of hydrogen-bond donors (Lipinski definition) is 2. The minimum atomic E-state index is -1.16. The number of nitrogens with one attached hydrogen (secondary N) is 1. The molecule has 0 saturated carbocycles. The fourth-order valence-corrected chi connectivity index (χ4v) is 3.63. The molecule has 1 aliphatic carbocycles. The second-order valence-corrected chi connectivity index (χ2v) is 6.76. The Bertz CT molecular complexity index is 993. The molecule has 1 atom stereocenters. The van der Waals surface area contributed by atoms with Crippen LogP contribution in [0.25, 0.3) is 11.1 Å². The van der Waals surface area contributed by atoms with E-state index in [-0.39, 0.29) is 18.9 Å². The van der Waals surface area contributed by atoms with Crippen LogP contribution in [0.15, 0.2) is 67.1 Å². The molecule has 2 N–H and O–H groups in total. The first kappa shape index (κ1) is 18.6. The smallest absolute Gasteiger partial charge is 0.407 e. The van der Waals surface area contributed by atoms with Crippen molar-refractivity contribution in [3.8, 4) is 11.1 Å². The lowest BCUT2D eigenvalue weighted by Crippen LogP contribution is -2.43. The number of carbonyl (C=O) groups is 2. The molecule has 1 aliphatic rings. The number of aromatic nitrogens is 2. The molecule has 7 nitrogen and oxygen atoms in total. The topological polar surface area (TPSA) is 101 Å². The van der Waals surface area contributed by atoms with Gasteiger partial charge in [0.05, 0.1) is 5.69 Å². The largest absolute Gasteiger partial charge is 0.480 e. The summed E-state index contributed by atoms with van der Waals surface area (Å²) in [5.74, 6) is -1.25. The van der Waals surface area contributed by atoms with Gasteiger partial charge in [-0.25, -0.2) is 9.59 Å². The number of rotatable bonds is 6. The molecular formula is C22H19N3O4. The van der Waals surface area contributed by atoms with Gasteiger partial charge in [0.1, 0.15) is 12.6 Å². The van der Waals surface area contributed by atoms with Crippen LogP contribution in [0, 0.1) is 0 Å². The Morgan fingerprint density at radius 1 is 1.03 bits per heavy atom. The van der Waals surface area contributed by atoms with Crippen molar-refractivity contribution in [1.29, 1.82) is 0 Å². The van der Waals surface area contributed by atoms with E-state index in [1.807, 2.05) is 36.4 Å². The lowest BCUT2D eigenvalue weighted by Gasteiger charge is -2.17. The summed E-state index contributed by atoms with van der Waals surface area (Å²) in [4.78, 5) is 31.8. The molecule has 0 aliphatic heterocycles. The van der Waals surface area contributed by atoms with Gasteiger partial charge in [-0.15, -0.1) is 0 Å². The van der Waals surface area contributed by atoms with Crippen LogP contribution >= 0.6 is 0 Å². The van der Waals surface area contributed by atoms with Crippen LogP contribution in [-0.4, -0.2) is 39.8 Å². The van der Waals surface area contributed by atoms with Crippen molar-refractivity contribution in [3.05, 3.63) is 83.9 Å². The van der Waals surface area contributed by atoms with E-state index in [1.54, 1.807) is 0 Å². The molecule has 2 aromatic carbocycles. The summed E-state index contributed by atoms with van der Waals surface area (Å²) in [6.07, 6.45) is 3.69. The first-order valence-electron chi connectivity index (χ1n) is 9.22. The number of nitrogens with zero attached hydrogens (tertiary/aromatic N) is 2. The van der Waals surface area contributed by atoms with E-state index < -0.39 is 18.1 Å². The van der Waals surface area contributed by atoms with Crippen LogP contribution in [0.1, 0.15) is 22.7 Å². The van der Waals surface area contributed by atoms with Gasteiger partial charge in [-0.3, -0.25) is 9.97 Å². The SMILES string of the molecule is O=C(N[C@H](Cc1cnccn1)C(=O)O)OCC1c2ccccc2-c2ccccc21. The minimum absolute atomic E-state index is 0.0212. The molecule has 0 fully saturated rings. The van der Waals surface area contributed by atoms with Crippen molar-refractivity contribution in [2.24, 2.45) is 0 Å². The van der Waals surface area contributed by atoms with Crippen molar-refractivity contribution >= 4 is 12.1 Å². The predicted octanol–water partition coefficient (Wildman–Crippen LogP) is 3.01. The van der Waals surface area contributed by atoms with Gasteiger partial charge in [0.25, 0.3) is 0 Å². The summed E-state index contributed by atoms with van der Waals surface area (Å²) in [5.41, 5.74) is 4.91. The molecular weight excluding hydrogens is 370 g/mol. The highest BCUT2D eigenvalue weighted by Crippen LogP contribution is 2.44. The van der Waals surface area contributed by atoms with Crippen molar-refractivity contribution < 1.29 is 19.4 Å². The first-order valence-corrected chi connectivity index (χ1v) is 9.22. The minimum Gasteiger partial charge on any atom is -0.480 e. The summed E-state index contributed by atoms with van der Waals surface area (Å²) < 4.78 is 5.41. The molecule has 0 radical (unpaired) electrons. The number of alkyl carbamates (subject to hydrolysis) is 1. The van der Waals surface area contributed by atoms with Gasteiger partial charge in [0, 0.05) is 30.9 Å². The van der Waals surface area contributed by atoms with Gasteiger partial charge in [0.2, 0.25) is 0 Å². The standard InChI is InChI=1S/C22H19N3O4/c26-21(27)20(11-14-12-23-9-10-24-14)25-22(28)29-13-19-17-7-3-1-5-15(17)16-6-2-4-8-18(16)19/h1-10,12,19-20H,11,13H2,(H,25,28)(H,26,27)/t20-/m1/s1. The number of carboxylic acid groups (broad SMARTS) is 1. The lowest BCUT2D eigenvalue weighted by atomic mass is 9.98. The molecule has 1 aromatic heterocycles. The second kappa shape index (κ2) is 8.10. The van der Waals surface area contributed by atoms with Gasteiger partial charge in [-0.2, -0.15) is 0 Å². The zero-order valence-corrected chi connectivity index (χ0v) is 15.5. The Morgan fingerprint density at radius 3 is 2.28 bits per heavy atom. The molecule has 4 rings (SSSR count).